The maximum atomic E-state index is 9.40. The normalized spacial score (nSPS) is 12.9. The van der Waals surface area contributed by atoms with Gasteiger partial charge in [0, 0.05) is 19.8 Å². The van der Waals surface area contributed by atoms with E-state index in [1.807, 2.05) is 20.2 Å². The third-order valence-corrected chi connectivity index (χ3v) is 2.24. The molecule has 0 fully saturated rings. The van der Waals surface area contributed by atoms with Gasteiger partial charge in [0.15, 0.2) is 0 Å². The standard InChI is InChI=1S/C10H19N3O/c1-4-8(14)6-11-10-7-13(3)12-9(10)5-2/h7-8,11,14H,4-6H2,1-3H3. The molecule has 1 atom stereocenters. The van der Waals surface area contributed by atoms with Crippen molar-refractivity contribution in [2.24, 2.45) is 7.05 Å². The van der Waals surface area contributed by atoms with Crippen molar-refractivity contribution in [2.45, 2.75) is 32.8 Å². The van der Waals surface area contributed by atoms with Crippen LogP contribution in [0.3, 0.4) is 0 Å². The molecule has 1 aromatic heterocycles. The maximum absolute atomic E-state index is 9.40. The predicted octanol–water partition coefficient (Wildman–Crippen LogP) is 1.17. The van der Waals surface area contributed by atoms with Crippen LogP contribution in [0, 0.1) is 0 Å². The van der Waals surface area contributed by atoms with Crippen molar-refractivity contribution in [3.8, 4) is 0 Å². The van der Waals surface area contributed by atoms with Crippen molar-refractivity contribution in [3.05, 3.63) is 11.9 Å². The Balaban J connectivity index is 2.57. The summed E-state index contributed by atoms with van der Waals surface area (Å²) in [5.41, 5.74) is 2.08. The molecular weight excluding hydrogens is 178 g/mol. The number of nitrogens with one attached hydrogen (secondary N) is 1. The first-order valence-corrected chi connectivity index (χ1v) is 5.11. The van der Waals surface area contributed by atoms with Gasteiger partial charge in [-0.25, -0.2) is 0 Å². The highest BCUT2D eigenvalue weighted by Crippen LogP contribution is 2.13. The second-order valence-electron chi connectivity index (χ2n) is 3.46. The fraction of sp³-hybridized carbons (Fsp3) is 0.700. The lowest BCUT2D eigenvalue weighted by molar-refractivity contribution is 0.183. The lowest BCUT2D eigenvalue weighted by Gasteiger charge is -2.09. The molecule has 1 aromatic rings. The number of aryl methyl sites for hydroxylation is 2. The number of anilines is 1. The lowest BCUT2D eigenvalue weighted by atomic mass is 10.2. The molecule has 2 N–H and O–H groups in total. The van der Waals surface area contributed by atoms with Crippen LogP contribution in [0.25, 0.3) is 0 Å². The van der Waals surface area contributed by atoms with E-state index < -0.39 is 0 Å². The van der Waals surface area contributed by atoms with Gasteiger partial charge in [0.25, 0.3) is 0 Å². The number of hydrogen-bond acceptors (Lipinski definition) is 3. The van der Waals surface area contributed by atoms with Crippen LogP contribution >= 0.6 is 0 Å². The van der Waals surface area contributed by atoms with Crippen molar-refractivity contribution < 1.29 is 5.11 Å². The Morgan fingerprint density at radius 1 is 1.57 bits per heavy atom. The molecule has 1 unspecified atom stereocenters. The van der Waals surface area contributed by atoms with E-state index in [0.717, 1.165) is 24.2 Å². The summed E-state index contributed by atoms with van der Waals surface area (Å²) in [5.74, 6) is 0. The van der Waals surface area contributed by atoms with E-state index in [2.05, 4.69) is 17.3 Å². The smallest absolute Gasteiger partial charge is 0.0853 e. The minimum Gasteiger partial charge on any atom is -0.391 e. The molecule has 0 radical (unpaired) electrons. The average Bonchev–Trinajstić information content (AvgIpc) is 2.55. The van der Waals surface area contributed by atoms with E-state index in [1.54, 1.807) is 4.68 Å². The molecule has 1 rings (SSSR count). The van der Waals surface area contributed by atoms with Gasteiger partial charge in [0.1, 0.15) is 0 Å². The molecule has 0 aliphatic heterocycles. The first kappa shape index (κ1) is 11.0. The third kappa shape index (κ3) is 2.73. The van der Waals surface area contributed by atoms with Gasteiger partial charge in [-0.05, 0) is 12.8 Å². The van der Waals surface area contributed by atoms with E-state index >= 15 is 0 Å². The Bertz CT molecular complexity index is 283. The quantitative estimate of drug-likeness (QED) is 0.745. The lowest BCUT2D eigenvalue weighted by Crippen LogP contribution is -2.18. The molecule has 0 aliphatic rings. The molecule has 0 saturated heterocycles. The van der Waals surface area contributed by atoms with E-state index in [9.17, 15) is 5.11 Å². The molecule has 0 amide bonds. The summed E-state index contributed by atoms with van der Waals surface area (Å²) in [6.45, 7) is 4.63. The number of rotatable bonds is 5. The van der Waals surface area contributed by atoms with Crippen molar-refractivity contribution in [1.82, 2.24) is 9.78 Å². The van der Waals surface area contributed by atoms with Gasteiger partial charge in [-0.2, -0.15) is 5.10 Å². The molecule has 0 aliphatic carbocycles. The van der Waals surface area contributed by atoms with Crippen LogP contribution in [0.2, 0.25) is 0 Å². The van der Waals surface area contributed by atoms with Crippen molar-refractivity contribution >= 4 is 5.69 Å². The SMILES string of the molecule is CCc1nn(C)cc1NCC(O)CC. The molecule has 0 aromatic carbocycles. The number of aliphatic hydroxyl groups is 1. The predicted molar refractivity (Wildman–Crippen MR) is 57.4 cm³/mol. The van der Waals surface area contributed by atoms with Crippen molar-refractivity contribution in [3.63, 3.8) is 0 Å². The van der Waals surface area contributed by atoms with E-state index in [1.165, 1.54) is 0 Å². The monoisotopic (exact) mass is 197 g/mol. The van der Waals surface area contributed by atoms with Crippen LogP contribution in [0.4, 0.5) is 5.69 Å². The molecule has 0 saturated carbocycles. The molecule has 0 bridgehead atoms. The Hall–Kier alpha value is -1.03. The molecule has 4 heteroatoms. The Kier molecular flexibility index (Phi) is 3.95. The van der Waals surface area contributed by atoms with E-state index in [-0.39, 0.29) is 6.10 Å². The minimum atomic E-state index is -0.278. The zero-order chi connectivity index (χ0) is 10.6. The zero-order valence-electron chi connectivity index (χ0n) is 9.12. The third-order valence-electron chi connectivity index (χ3n) is 2.24. The molecular formula is C10H19N3O. The molecule has 4 nitrogen and oxygen atoms in total. The maximum Gasteiger partial charge on any atom is 0.0853 e. The summed E-state index contributed by atoms with van der Waals surface area (Å²) in [6.07, 6.45) is 3.35. The van der Waals surface area contributed by atoms with Crippen LogP contribution in [0.1, 0.15) is 26.0 Å². The Labute approximate surface area is 84.9 Å². The highest BCUT2D eigenvalue weighted by atomic mass is 16.3. The highest BCUT2D eigenvalue weighted by molar-refractivity contribution is 5.46. The van der Waals surface area contributed by atoms with Crippen molar-refractivity contribution in [2.75, 3.05) is 11.9 Å². The topological polar surface area (TPSA) is 50.1 Å². The second kappa shape index (κ2) is 5.00. The van der Waals surface area contributed by atoms with Gasteiger partial charge < -0.3 is 10.4 Å². The van der Waals surface area contributed by atoms with Gasteiger partial charge in [-0.1, -0.05) is 13.8 Å². The van der Waals surface area contributed by atoms with Gasteiger partial charge in [-0.15, -0.1) is 0 Å². The van der Waals surface area contributed by atoms with E-state index in [0.29, 0.717) is 6.54 Å². The number of aliphatic hydroxyl groups excluding tert-OH is 1. The molecule has 0 spiro atoms. The fourth-order valence-corrected chi connectivity index (χ4v) is 1.32. The number of nitrogens with zero attached hydrogens (tertiary/aromatic N) is 2. The van der Waals surface area contributed by atoms with Crippen LogP contribution in [-0.2, 0) is 13.5 Å². The van der Waals surface area contributed by atoms with Gasteiger partial charge in [-0.3, -0.25) is 4.68 Å². The Morgan fingerprint density at radius 3 is 2.86 bits per heavy atom. The second-order valence-corrected chi connectivity index (χ2v) is 3.46. The summed E-state index contributed by atoms with van der Waals surface area (Å²) >= 11 is 0. The van der Waals surface area contributed by atoms with E-state index in [4.69, 9.17) is 0 Å². The van der Waals surface area contributed by atoms with Crippen LogP contribution in [0.15, 0.2) is 6.20 Å². The van der Waals surface area contributed by atoms with Gasteiger partial charge in [0.2, 0.25) is 0 Å². The molecule has 1 heterocycles. The van der Waals surface area contributed by atoms with Crippen LogP contribution < -0.4 is 5.32 Å². The Morgan fingerprint density at radius 2 is 2.29 bits per heavy atom. The summed E-state index contributed by atoms with van der Waals surface area (Å²) in [7, 11) is 1.90. The minimum absolute atomic E-state index is 0.278. The van der Waals surface area contributed by atoms with Crippen LogP contribution in [-0.4, -0.2) is 27.5 Å². The highest BCUT2D eigenvalue weighted by Gasteiger charge is 2.06. The fourth-order valence-electron chi connectivity index (χ4n) is 1.32. The number of hydrogen-bond donors (Lipinski definition) is 2. The zero-order valence-corrected chi connectivity index (χ0v) is 9.12. The molecule has 14 heavy (non-hydrogen) atoms. The largest absolute Gasteiger partial charge is 0.391 e. The number of aromatic nitrogens is 2. The first-order valence-electron chi connectivity index (χ1n) is 5.11. The van der Waals surface area contributed by atoms with Gasteiger partial charge >= 0.3 is 0 Å². The van der Waals surface area contributed by atoms with Crippen LogP contribution in [0.5, 0.6) is 0 Å². The molecule has 80 valence electrons. The summed E-state index contributed by atoms with van der Waals surface area (Å²) < 4.78 is 1.79. The van der Waals surface area contributed by atoms with Gasteiger partial charge in [0.05, 0.1) is 17.5 Å². The summed E-state index contributed by atoms with van der Waals surface area (Å²) in [5, 5.41) is 16.9. The average molecular weight is 197 g/mol. The summed E-state index contributed by atoms with van der Waals surface area (Å²) in [6, 6.07) is 0. The summed E-state index contributed by atoms with van der Waals surface area (Å²) in [4.78, 5) is 0. The van der Waals surface area contributed by atoms with Crippen molar-refractivity contribution in [1.29, 1.82) is 0 Å². The first-order chi connectivity index (χ1) is 6.67.